The predicted octanol–water partition coefficient (Wildman–Crippen LogP) is 12.9. The van der Waals surface area contributed by atoms with Crippen molar-refractivity contribution < 1.29 is 14.6 Å². The summed E-state index contributed by atoms with van der Waals surface area (Å²) in [5.41, 5.74) is 0. The number of rotatable bonds is 34. The molecule has 0 aromatic rings. The van der Waals surface area contributed by atoms with E-state index in [0.29, 0.717) is 12.4 Å². The fourth-order valence-corrected chi connectivity index (χ4v) is 4.92. The van der Waals surface area contributed by atoms with Crippen LogP contribution in [0.4, 0.5) is 0 Å². The summed E-state index contributed by atoms with van der Waals surface area (Å²) in [5.74, 6) is 0.716. The van der Waals surface area contributed by atoms with Gasteiger partial charge >= 0.3 is 0 Å². The molecule has 0 saturated carbocycles. The summed E-state index contributed by atoms with van der Waals surface area (Å²) in [6.07, 6.45) is 52.9. The first-order valence-corrected chi connectivity index (χ1v) is 18.7. The quantitative estimate of drug-likeness (QED) is 0.0440. The van der Waals surface area contributed by atoms with Gasteiger partial charge in [-0.15, -0.1) is 0 Å². The molecule has 0 aromatic heterocycles. The molecule has 0 aliphatic carbocycles. The Balaban J connectivity index is 3.62. The molecule has 0 fully saturated rings. The summed E-state index contributed by atoms with van der Waals surface area (Å²) in [7, 11) is 0. The number of allylic oxidation sites excluding steroid dienone is 13. The van der Waals surface area contributed by atoms with Gasteiger partial charge in [0.05, 0.1) is 19.0 Å². The molecule has 0 rings (SSSR count). The van der Waals surface area contributed by atoms with Crippen LogP contribution in [0, 0.1) is 0 Å². The van der Waals surface area contributed by atoms with Crippen LogP contribution in [0.2, 0.25) is 0 Å². The third-order valence-electron chi connectivity index (χ3n) is 7.67. The standard InChI is InChI=1S/C42H72O3/c1-4-6-8-10-12-14-16-18-20-21-22-23-24-25-27-29-31-33-35-37-41(3)45-42(39-43)40-44-38-36-34-32-30-28-26-19-17-15-13-11-9-7-5-2/h6,8,12,14,18,20,22-23,25,27,31,33,42-43H,3-5,7,9-11,13,15-17,19,21,24,26,28-30,32,34-40H2,1-2H3/b8-6-,14-12-,20-18-,23-22-,27-25-,33-31-. The number of aliphatic hydroxyl groups excluding tert-OH is 1. The average molecular weight is 625 g/mol. The van der Waals surface area contributed by atoms with E-state index in [-0.39, 0.29) is 12.7 Å². The van der Waals surface area contributed by atoms with Crippen molar-refractivity contribution in [1.29, 1.82) is 0 Å². The van der Waals surface area contributed by atoms with Crippen LogP contribution in [0.1, 0.15) is 155 Å². The maximum atomic E-state index is 9.65. The molecule has 3 heteroatoms. The van der Waals surface area contributed by atoms with Gasteiger partial charge in [0.25, 0.3) is 0 Å². The lowest BCUT2D eigenvalue weighted by atomic mass is 10.0. The molecule has 0 radical (unpaired) electrons. The summed E-state index contributed by atoms with van der Waals surface area (Å²) >= 11 is 0. The van der Waals surface area contributed by atoms with E-state index in [0.717, 1.165) is 64.4 Å². The van der Waals surface area contributed by atoms with E-state index in [1.165, 1.54) is 83.5 Å². The van der Waals surface area contributed by atoms with Gasteiger partial charge in [-0.1, -0.05) is 177 Å². The molecule has 0 aliphatic heterocycles. The van der Waals surface area contributed by atoms with Gasteiger partial charge in [0, 0.05) is 13.0 Å². The third kappa shape index (κ3) is 36.2. The lowest BCUT2D eigenvalue weighted by Gasteiger charge is -2.18. The van der Waals surface area contributed by atoms with Crippen molar-refractivity contribution >= 4 is 0 Å². The minimum atomic E-state index is -0.325. The van der Waals surface area contributed by atoms with Crippen molar-refractivity contribution in [2.45, 2.75) is 161 Å². The Kier molecular flexibility index (Phi) is 36.3. The Morgan fingerprint density at radius 3 is 1.38 bits per heavy atom. The summed E-state index contributed by atoms with van der Waals surface area (Å²) in [6, 6.07) is 0. The zero-order chi connectivity index (χ0) is 32.7. The molecule has 0 bridgehead atoms. The zero-order valence-electron chi connectivity index (χ0n) is 29.7. The monoisotopic (exact) mass is 625 g/mol. The number of unbranched alkanes of at least 4 members (excludes halogenated alkanes) is 13. The zero-order valence-corrected chi connectivity index (χ0v) is 29.7. The fourth-order valence-electron chi connectivity index (χ4n) is 4.92. The van der Waals surface area contributed by atoms with E-state index < -0.39 is 0 Å². The molecular formula is C42H72O3. The van der Waals surface area contributed by atoms with Gasteiger partial charge in [-0.25, -0.2) is 0 Å². The first-order chi connectivity index (χ1) is 22.2. The van der Waals surface area contributed by atoms with E-state index in [4.69, 9.17) is 9.47 Å². The normalized spacial score (nSPS) is 13.2. The SMILES string of the molecule is C=C(CC/C=C\C/C=C\C/C=C\C/C=C\C/C=C\C/C=C\CC)OC(CO)COCCCCCCCCCCCCCCCC. The van der Waals surface area contributed by atoms with E-state index >= 15 is 0 Å². The second-order valence-electron chi connectivity index (χ2n) is 12.1. The van der Waals surface area contributed by atoms with Gasteiger partial charge in [-0.2, -0.15) is 0 Å². The van der Waals surface area contributed by atoms with Crippen LogP contribution < -0.4 is 0 Å². The second-order valence-corrected chi connectivity index (χ2v) is 12.1. The summed E-state index contributed by atoms with van der Waals surface area (Å²) in [4.78, 5) is 0. The molecule has 3 nitrogen and oxygen atoms in total. The largest absolute Gasteiger partial charge is 0.491 e. The molecule has 1 atom stereocenters. The Hall–Kier alpha value is -2.10. The Morgan fingerprint density at radius 2 is 0.956 bits per heavy atom. The van der Waals surface area contributed by atoms with Crippen LogP contribution in [0.25, 0.3) is 0 Å². The van der Waals surface area contributed by atoms with Gasteiger partial charge < -0.3 is 14.6 Å². The first kappa shape index (κ1) is 42.9. The molecule has 1 N–H and O–H groups in total. The number of ether oxygens (including phenoxy) is 2. The van der Waals surface area contributed by atoms with Crippen LogP contribution >= 0.6 is 0 Å². The van der Waals surface area contributed by atoms with Gasteiger partial charge in [0.1, 0.15) is 6.10 Å². The number of hydrogen-bond donors (Lipinski definition) is 1. The van der Waals surface area contributed by atoms with Crippen LogP contribution in [0.5, 0.6) is 0 Å². The van der Waals surface area contributed by atoms with E-state index in [9.17, 15) is 5.11 Å². The highest BCUT2D eigenvalue weighted by Crippen LogP contribution is 2.13. The highest BCUT2D eigenvalue weighted by atomic mass is 16.5. The molecule has 0 spiro atoms. The minimum absolute atomic E-state index is 0.0440. The van der Waals surface area contributed by atoms with Gasteiger partial charge in [0.2, 0.25) is 0 Å². The molecule has 1 unspecified atom stereocenters. The summed E-state index contributed by atoms with van der Waals surface area (Å²) in [6.45, 7) is 9.59. The Labute approximate surface area is 280 Å². The van der Waals surface area contributed by atoms with Crippen molar-refractivity contribution in [2.24, 2.45) is 0 Å². The first-order valence-electron chi connectivity index (χ1n) is 18.7. The van der Waals surface area contributed by atoms with Gasteiger partial charge in [0.15, 0.2) is 0 Å². The van der Waals surface area contributed by atoms with Crippen molar-refractivity contribution in [1.82, 2.24) is 0 Å². The summed E-state index contributed by atoms with van der Waals surface area (Å²) in [5, 5.41) is 9.65. The molecule has 0 saturated heterocycles. The van der Waals surface area contributed by atoms with E-state index in [1.54, 1.807) is 0 Å². The molecular weight excluding hydrogens is 552 g/mol. The van der Waals surface area contributed by atoms with Crippen LogP contribution in [-0.2, 0) is 9.47 Å². The van der Waals surface area contributed by atoms with Crippen molar-refractivity contribution in [3.05, 3.63) is 85.3 Å². The topological polar surface area (TPSA) is 38.7 Å². The summed E-state index contributed by atoms with van der Waals surface area (Å²) < 4.78 is 11.6. The highest BCUT2D eigenvalue weighted by molar-refractivity contribution is 5.02. The van der Waals surface area contributed by atoms with E-state index in [2.05, 4.69) is 93.3 Å². The highest BCUT2D eigenvalue weighted by Gasteiger charge is 2.10. The number of aliphatic hydroxyl groups is 1. The van der Waals surface area contributed by atoms with Crippen LogP contribution in [0.3, 0.4) is 0 Å². The lowest BCUT2D eigenvalue weighted by molar-refractivity contribution is -0.0158. The van der Waals surface area contributed by atoms with Crippen LogP contribution in [0.15, 0.2) is 85.3 Å². The smallest absolute Gasteiger partial charge is 0.144 e. The van der Waals surface area contributed by atoms with Crippen molar-refractivity contribution in [3.8, 4) is 0 Å². The minimum Gasteiger partial charge on any atom is -0.491 e. The van der Waals surface area contributed by atoms with Gasteiger partial charge in [-0.05, 0) is 51.4 Å². The van der Waals surface area contributed by atoms with Gasteiger partial charge in [-0.3, -0.25) is 0 Å². The molecule has 0 heterocycles. The van der Waals surface area contributed by atoms with E-state index in [1.807, 2.05) is 0 Å². The molecule has 0 aliphatic rings. The molecule has 258 valence electrons. The Morgan fingerprint density at radius 1 is 0.556 bits per heavy atom. The van der Waals surface area contributed by atoms with Crippen molar-refractivity contribution in [2.75, 3.05) is 19.8 Å². The molecule has 0 amide bonds. The fraction of sp³-hybridized carbons (Fsp3) is 0.667. The number of hydrogen-bond acceptors (Lipinski definition) is 3. The Bertz CT molecular complexity index is 786. The molecule has 45 heavy (non-hydrogen) atoms. The third-order valence-corrected chi connectivity index (χ3v) is 7.67. The second kappa shape index (κ2) is 38.1. The van der Waals surface area contributed by atoms with Crippen LogP contribution in [-0.4, -0.2) is 31.0 Å². The maximum Gasteiger partial charge on any atom is 0.144 e. The average Bonchev–Trinajstić information content (AvgIpc) is 3.05. The lowest BCUT2D eigenvalue weighted by Crippen LogP contribution is -2.24. The van der Waals surface area contributed by atoms with Crippen molar-refractivity contribution in [3.63, 3.8) is 0 Å². The predicted molar refractivity (Wildman–Crippen MR) is 200 cm³/mol. The molecule has 0 aromatic carbocycles. The maximum absolute atomic E-state index is 9.65.